The lowest BCUT2D eigenvalue weighted by Gasteiger charge is -2.09. The first-order valence-electron chi connectivity index (χ1n) is 9.23. The van der Waals surface area contributed by atoms with Gasteiger partial charge in [0.05, 0.1) is 30.8 Å². The number of nitrogens with zero attached hydrogens (tertiary/aromatic N) is 2. The first-order chi connectivity index (χ1) is 14.6. The van der Waals surface area contributed by atoms with Crippen LogP contribution >= 0.6 is 23.4 Å². The third-order valence-corrected chi connectivity index (χ3v) is 5.34. The van der Waals surface area contributed by atoms with Crippen LogP contribution in [0.25, 0.3) is 5.69 Å². The summed E-state index contributed by atoms with van der Waals surface area (Å²) in [6.45, 7) is 1.93. The summed E-state index contributed by atoms with van der Waals surface area (Å²) in [6, 6.07) is 12.4. The monoisotopic (exact) mass is 449 g/mol. The second kappa shape index (κ2) is 11.0. The molecule has 2 heterocycles. The maximum absolute atomic E-state index is 12.9. The molecule has 1 aliphatic heterocycles. The molecule has 0 saturated carbocycles. The van der Waals surface area contributed by atoms with Gasteiger partial charge in [0.15, 0.2) is 0 Å². The normalized spacial score (nSPS) is 13.2. The van der Waals surface area contributed by atoms with E-state index >= 15 is 0 Å². The van der Waals surface area contributed by atoms with Gasteiger partial charge in [-0.15, -0.1) is 0 Å². The van der Waals surface area contributed by atoms with Crippen molar-refractivity contribution in [2.45, 2.75) is 0 Å². The van der Waals surface area contributed by atoms with Crippen LogP contribution in [-0.2, 0) is 4.74 Å². The minimum atomic E-state index is -0.421. The number of hydrogen-bond acceptors (Lipinski definition) is 6. The van der Waals surface area contributed by atoms with Crippen molar-refractivity contribution >= 4 is 29.1 Å². The van der Waals surface area contributed by atoms with Crippen LogP contribution in [0, 0.1) is 5.82 Å². The minimum Gasteiger partial charge on any atom is -0.457 e. The largest absolute Gasteiger partial charge is 0.457 e. The fraction of sp³-hybridized carbons (Fsp3) is 0.238. The summed E-state index contributed by atoms with van der Waals surface area (Å²) in [5.41, 5.74) is 0.598. The lowest BCUT2D eigenvalue weighted by Crippen LogP contribution is -2.22. The van der Waals surface area contributed by atoms with Crippen LogP contribution in [0.5, 0.6) is 11.5 Å². The van der Waals surface area contributed by atoms with Gasteiger partial charge in [-0.25, -0.2) is 4.39 Å². The maximum Gasteiger partial charge on any atom is 0.292 e. The van der Waals surface area contributed by atoms with E-state index in [2.05, 4.69) is 10.4 Å². The molecule has 0 radical (unpaired) electrons. The molecule has 0 amide bonds. The van der Waals surface area contributed by atoms with Gasteiger partial charge in [0.1, 0.15) is 22.3 Å². The predicted octanol–water partition coefficient (Wildman–Crippen LogP) is 4.61. The van der Waals surface area contributed by atoms with Crippen LogP contribution in [-0.4, -0.2) is 41.5 Å². The van der Waals surface area contributed by atoms with Crippen molar-refractivity contribution in [3.63, 3.8) is 0 Å². The molecule has 0 spiro atoms. The van der Waals surface area contributed by atoms with Gasteiger partial charge in [-0.3, -0.25) is 4.79 Å². The smallest absolute Gasteiger partial charge is 0.292 e. The first kappa shape index (κ1) is 22.1. The summed E-state index contributed by atoms with van der Waals surface area (Å²) in [7, 11) is 1.66. The van der Waals surface area contributed by atoms with E-state index in [1.807, 2.05) is 11.8 Å². The molecule has 0 unspecified atom stereocenters. The van der Waals surface area contributed by atoms with E-state index in [1.54, 1.807) is 31.3 Å². The number of ether oxygens (including phenoxy) is 2. The predicted molar refractivity (Wildman–Crippen MR) is 119 cm³/mol. The highest BCUT2D eigenvalue weighted by Crippen LogP contribution is 2.23. The molecule has 4 rings (SSSR count). The minimum absolute atomic E-state index is 0.0686. The van der Waals surface area contributed by atoms with Gasteiger partial charge < -0.3 is 14.8 Å². The summed E-state index contributed by atoms with van der Waals surface area (Å²) >= 11 is 7.98. The Hall–Kier alpha value is -2.55. The molecule has 1 fully saturated rings. The van der Waals surface area contributed by atoms with Gasteiger partial charge in [0.25, 0.3) is 5.56 Å². The highest BCUT2D eigenvalue weighted by Gasteiger charge is 2.09. The Morgan fingerprint density at radius 2 is 1.70 bits per heavy atom. The van der Waals surface area contributed by atoms with Gasteiger partial charge in [-0.2, -0.15) is 21.5 Å². The average molecular weight is 450 g/mol. The SMILES string of the molecule is C1CSCCO1.CNc1cnn(-c2ccc(Oc3ccc(F)cc3)cc2)c(=O)c1Cl. The first-order valence-corrected chi connectivity index (χ1v) is 10.8. The van der Waals surface area contributed by atoms with Crippen LogP contribution in [0.3, 0.4) is 0 Å². The van der Waals surface area contributed by atoms with Gasteiger partial charge >= 0.3 is 0 Å². The fourth-order valence-corrected chi connectivity index (χ4v) is 3.42. The van der Waals surface area contributed by atoms with E-state index in [0.29, 0.717) is 22.9 Å². The molecule has 0 atom stereocenters. The molecular weight excluding hydrogens is 429 g/mol. The number of hydrogen-bond donors (Lipinski definition) is 1. The van der Waals surface area contributed by atoms with Gasteiger partial charge in [-0.1, -0.05) is 11.6 Å². The number of anilines is 1. The molecule has 0 aliphatic carbocycles. The lowest BCUT2D eigenvalue weighted by molar-refractivity contribution is 0.161. The van der Waals surface area contributed by atoms with E-state index in [-0.39, 0.29) is 10.8 Å². The molecule has 1 aromatic heterocycles. The van der Waals surface area contributed by atoms with Crippen molar-refractivity contribution in [2.24, 2.45) is 0 Å². The van der Waals surface area contributed by atoms with Crippen molar-refractivity contribution in [3.05, 3.63) is 75.9 Å². The van der Waals surface area contributed by atoms with Crippen LogP contribution in [0.2, 0.25) is 5.02 Å². The summed E-state index contributed by atoms with van der Waals surface area (Å²) in [5, 5.41) is 6.95. The second-order valence-electron chi connectivity index (χ2n) is 6.11. The molecule has 0 bridgehead atoms. The lowest BCUT2D eigenvalue weighted by atomic mass is 10.3. The van der Waals surface area contributed by atoms with Crippen LogP contribution < -0.4 is 15.6 Å². The molecule has 3 aromatic rings. The molecule has 6 nitrogen and oxygen atoms in total. The van der Waals surface area contributed by atoms with E-state index in [9.17, 15) is 9.18 Å². The van der Waals surface area contributed by atoms with E-state index in [0.717, 1.165) is 13.2 Å². The van der Waals surface area contributed by atoms with Crippen LogP contribution in [0.15, 0.2) is 59.5 Å². The summed E-state index contributed by atoms with van der Waals surface area (Å²) < 4.78 is 24.7. The third kappa shape index (κ3) is 5.98. The zero-order valence-corrected chi connectivity index (χ0v) is 17.9. The van der Waals surface area contributed by atoms with Crippen molar-refractivity contribution in [2.75, 3.05) is 37.1 Å². The van der Waals surface area contributed by atoms with Gasteiger partial charge in [0, 0.05) is 18.6 Å². The number of aromatic nitrogens is 2. The Balaban J connectivity index is 0.000000367. The number of rotatable bonds is 4. The highest BCUT2D eigenvalue weighted by atomic mass is 35.5. The van der Waals surface area contributed by atoms with E-state index in [4.69, 9.17) is 21.1 Å². The Labute approximate surface area is 183 Å². The molecule has 2 aromatic carbocycles. The Morgan fingerprint density at radius 3 is 2.20 bits per heavy atom. The molecule has 158 valence electrons. The molecule has 9 heteroatoms. The summed E-state index contributed by atoms with van der Waals surface area (Å²) in [4.78, 5) is 12.2. The van der Waals surface area contributed by atoms with E-state index < -0.39 is 5.56 Å². The van der Waals surface area contributed by atoms with Crippen molar-refractivity contribution < 1.29 is 13.9 Å². The molecular formula is C21H21ClFN3O3S. The number of halogens is 2. The van der Waals surface area contributed by atoms with Gasteiger partial charge in [-0.05, 0) is 48.5 Å². The van der Waals surface area contributed by atoms with Gasteiger partial charge in [0.2, 0.25) is 0 Å². The summed E-state index contributed by atoms with van der Waals surface area (Å²) in [5.74, 6) is 3.13. The summed E-state index contributed by atoms with van der Waals surface area (Å²) in [6.07, 6.45) is 1.48. The Bertz CT molecular complexity index is 998. The van der Waals surface area contributed by atoms with Crippen molar-refractivity contribution in [1.29, 1.82) is 0 Å². The standard InChI is InChI=1S/C17H13ClFN3O2.C4H8OS/c1-20-15-10-21-22(17(23)16(15)18)12-4-8-14(9-5-12)24-13-6-2-11(19)3-7-13;1-3-6-4-2-5-1/h2-10,20H,1H3;1-4H2. The quantitative estimate of drug-likeness (QED) is 0.627. The van der Waals surface area contributed by atoms with Crippen molar-refractivity contribution in [3.8, 4) is 17.2 Å². The topological polar surface area (TPSA) is 65.4 Å². The molecule has 1 N–H and O–H groups in total. The second-order valence-corrected chi connectivity index (χ2v) is 7.72. The zero-order chi connectivity index (χ0) is 21.3. The zero-order valence-electron chi connectivity index (χ0n) is 16.3. The number of thioether (sulfide) groups is 1. The fourth-order valence-electron chi connectivity index (χ4n) is 2.52. The number of benzene rings is 2. The van der Waals surface area contributed by atoms with E-state index in [1.165, 1.54) is 46.6 Å². The molecule has 1 saturated heterocycles. The average Bonchev–Trinajstić information content (AvgIpc) is 2.79. The molecule has 30 heavy (non-hydrogen) atoms. The molecule has 1 aliphatic rings. The van der Waals surface area contributed by atoms with Crippen LogP contribution in [0.4, 0.5) is 10.1 Å². The Kier molecular flexibility index (Phi) is 8.12. The van der Waals surface area contributed by atoms with Crippen LogP contribution in [0.1, 0.15) is 0 Å². The third-order valence-electron chi connectivity index (χ3n) is 4.06. The highest BCUT2D eigenvalue weighted by molar-refractivity contribution is 7.99. The Morgan fingerprint density at radius 1 is 1.10 bits per heavy atom. The number of nitrogens with one attached hydrogen (secondary N) is 1. The van der Waals surface area contributed by atoms with Crippen molar-refractivity contribution in [1.82, 2.24) is 9.78 Å². The maximum atomic E-state index is 12.9.